The van der Waals surface area contributed by atoms with E-state index < -0.39 is 0 Å². The number of Topliss-reactive ketones (excluding diaryl/α,β-unsaturated/α-hetero) is 1. The molecular weight excluding hydrogens is 287 g/mol. The Kier molecular flexibility index (Phi) is 5.00. The minimum Gasteiger partial charge on any atom is -0.298 e. The number of benzene rings is 1. The Morgan fingerprint density at radius 1 is 1.44 bits per heavy atom. The Balaban J connectivity index is 2.81. The van der Waals surface area contributed by atoms with E-state index >= 15 is 0 Å². The van der Waals surface area contributed by atoms with Gasteiger partial charge in [-0.15, -0.1) is 0 Å². The summed E-state index contributed by atoms with van der Waals surface area (Å²) in [6.45, 7) is 5.82. The van der Waals surface area contributed by atoms with Gasteiger partial charge >= 0.3 is 0 Å². The predicted molar refractivity (Wildman–Crippen MR) is 72.5 cm³/mol. The van der Waals surface area contributed by atoms with Gasteiger partial charge in [-0.3, -0.25) is 4.79 Å². The van der Waals surface area contributed by atoms with Gasteiger partial charge < -0.3 is 0 Å². The molecule has 0 spiro atoms. The zero-order valence-electron chi connectivity index (χ0n) is 9.76. The van der Waals surface area contributed by atoms with Crippen LogP contribution in [0.25, 0.3) is 0 Å². The van der Waals surface area contributed by atoms with Crippen molar-refractivity contribution in [2.75, 3.05) is 0 Å². The highest BCUT2D eigenvalue weighted by Crippen LogP contribution is 2.22. The van der Waals surface area contributed by atoms with Crippen LogP contribution in [-0.4, -0.2) is 10.6 Å². The first-order valence-corrected chi connectivity index (χ1v) is 6.64. The molecule has 1 rings (SSSR count). The number of rotatable bonds is 4. The largest absolute Gasteiger partial charge is 0.298 e. The summed E-state index contributed by atoms with van der Waals surface area (Å²) in [5.74, 6) is 0.295. The van der Waals surface area contributed by atoms with Gasteiger partial charge in [0.15, 0.2) is 0 Å². The van der Waals surface area contributed by atoms with Crippen LogP contribution in [0, 0.1) is 12.8 Å². The molecule has 0 radical (unpaired) electrons. The lowest BCUT2D eigenvalue weighted by Crippen LogP contribution is -2.22. The number of ketones is 1. The third kappa shape index (κ3) is 3.33. The van der Waals surface area contributed by atoms with Crippen LogP contribution in [-0.2, 0) is 11.2 Å². The van der Waals surface area contributed by atoms with Crippen LogP contribution in [0.3, 0.4) is 0 Å². The summed E-state index contributed by atoms with van der Waals surface area (Å²) in [7, 11) is 0. The van der Waals surface area contributed by atoms with Crippen molar-refractivity contribution in [1.82, 2.24) is 0 Å². The van der Waals surface area contributed by atoms with Crippen LogP contribution in [0.1, 0.15) is 25.0 Å². The van der Waals surface area contributed by atoms with Crippen LogP contribution in [0.4, 0.5) is 0 Å². The predicted octanol–water partition coefficient (Wildman–Crippen LogP) is 4.18. The van der Waals surface area contributed by atoms with Crippen molar-refractivity contribution in [2.24, 2.45) is 5.92 Å². The number of carbonyl (C=O) groups excluding carboxylic acids is 1. The molecule has 1 aromatic rings. The zero-order chi connectivity index (χ0) is 12.3. The maximum atomic E-state index is 11.8. The van der Waals surface area contributed by atoms with Crippen molar-refractivity contribution in [2.45, 2.75) is 32.0 Å². The summed E-state index contributed by atoms with van der Waals surface area (Å²) < 4.78 is 0. The molecule has 1 nitrogen and oxygen atoms in total. The molecule has 0 heterocycles. The van der Waals surface area contributed by atoms with E-state index in [0.717, 1.165) is 16.1 Å². The SMILES string of the molecule is Cc1c(Cl)cccc1CC(Br)C(=O)C(C)C. The third-order valence-electron chi connectivity index (χ3n) is 2.66. The monoisotopic (exact) mass is 302 g/mol. The standard InChI is InChI=1S/C13H16BrClO/c1-8(2)13(16)11(14)7-10-5-4-6-12(15)9(10)3/h4-6,8,11H,7H2,1-3H3. The van der Waals surface area contributed by atoms with Gasteiger partial charge in [-0.1, -0.05) is 53.5 Å². The molecule has 0 N–H and O–H groups in total. The van der Waals surface area contributed by atoms with Crippen LogP contribution >= 0.6 is 27.5 Å². The molecular formula is C13H16BrClO. The topological polar surface area (TPSA) is 17.1 Å². The Bertz CT molecular complexity index is 388. The first kappa shape index (κ1) is 13.7. The van der Waals surface area contributed by atoms with Crippen molar-refractivity contribution in [3.63, 3.8) is 0 Å². The number of hydrogen-bond donors (Lipinski definition) is 0. The van der Waals surface area contributed by atoms with Crippen LogP contribution in [0.2, 0.25) is 5.02 Å². The molecule has 0 aliphatic heterocycles. The normalized spacial score (nSPS) is 12.9. The molecule has 0 aliphatic carbocycles. The molecule has 1 atom stereocenters. The van der Waals surface area contributed by atoms with Gasteiger partial charge in [0, 0.05) is 10.9 Å². The fourth-order valence-electron chi connectivity index (χ4n) is 1.53. The number of hydrogen-bond acceptors (Lipinski definition) is 1. The Labute approximate surface area is 110 Å². The third-order valence-corrected chi connectivity index (χ3v) is 3.84. The summed E-state index contributed by atoms with van der Waals surface area (Å²) in [6.07, 6.45) is 0.698. The maximum absolute atomic E-state index is 11.8. The van der Waals surface area contributed by atoms with Gasteiger partial charge in [0.1, 0.15) is 5.78 Å². The highest BCUT2D eigenvalue weighted by molar-refractivity contribution is 9.10. The Morgan fingerprint density at radius 2 is 2.06 bits per heavy atom. The van der Waals surface area contributed by atoms with Gasteiger partial charge in [0.25, 0.3) is 0 Å². The second-order valence-corrected chi connectivity index (χ2v) is 5.77. The van der Waals surface area contributed by atoms with E-state index in [9.17, 15) is 4.79 Å². The minimum absolute atomic E-state index is 0.0591. The number of carbonyl (C=O) groups is 1. The van der Waals surface area contributed by atoms with Crippen molar-refractivity contribution < 1.29 is 4.79 Å². The van der Waals surface area contributed by atoms with E-state index in [1.165, 1.54) is 0 Å². The van der Waals surface area contributed by atoms with E-state index in [1.807, 2.05) is 39.0 Å². The van der Waals surface area contributed by atoms with E-state index in [4.69, 9.17) is 11.6 Å². The van der Waals surface area contributed by atoms with Gasteiger partial charge in [-0.2, -0.15) is 0 Å². The summed E-state index contributed by atoms with van der Waals surface area (Å²) in [4.78, 5) is 11.6. The summed E-state index contributed by atoms with van der Waals surface area (Å²) in [5, 5.41) is 0.759. The maximum Gasteiger partial charge on any atom is 0.149 e. The number of halogens is 2. The molecule has 3 heteroatoms. The molecule has 0 saturated heterocycles. The van der Waals surface area contributed by atoms with E-state index in [-0.39, 0.29) is 16.5 Å². The molecule has 0 aromatic heterocycles. The van der Waals surface area contributed by atoms with Gasteiger partial charge in [0.05, 0.1) is 4.83 Å². The molecule has 0 aliphatic rings. The van der Waals surface area contributed by atoms with E-state index in [1.54, 1.807) is 0 Å². The smallest absolute Gasteiger partial charge is 0.149 e. The lowest BCUT2D eigenvalue weighted by atomic mass is 9.98. The zero-order valence-corrected chi connectivity index (χ0v) is 12.1. The molecule has 88 valence electrons. The quantitative estimate of drug-likeness (QED) is 0.763. The van der Waals surface area contributed by atoms with E-state index in [2.05, 4.69) is 15.9 Å². The molecule has 1 unspecified atom stereocenters. The van der Waals surface area contributed by atoms with E-state index in [0.29, 0.717) is 6.42 Å². The molecule has 0 amide bonds. The van der Waals surface area contributed by atoms with Crippen molar-refractivity contribution in [1.29, 1.82) is 0 Å². The van der Waals surface area contributed by atoms with Crippen molar-refractivity contribution in [3.05, 3.63) is 34.3 Å². The first-order chi connectivity index (χ1) is 7.43. The lowest BCUT2D eigenvalue weighted by Gasteiger charge is -2.13. The summed E-state index contributed by atoms with van der Waals surface area (Å²) in [6, 6.07) is 5.81. The average Bonchev–Trinajstić information content (AvgIpc) is 2.23. The van der Waals surface area contributed by atoms with Crippen LogP contribution in [0.15, 0.2) is 18.2 Å². The Hall–Kier alpha value is -0.340. The second-order valence-electron chi connectivity index (χ2n) is 4.25. The highest BCUT2D eigenvalue weighted by atomic mass is 79.9. The first-order valence-electron chi connectivity index (χ1n) is 5.35. The molecule has 0 fully saturated rings. The van der Waals surface area contributed by atoms with Crippen LogP contribution in [0.5, 0.6) is 0 Å². The Morgan fingerprint density at radius 3 is 2.62 bits per heavy atom. The molecule has 0 bridgehead atoms. The minimum atomic E-state index is -0.121. The summed E-state index contributed by atoms with van der Waals surface area (Å²) >= 11 is 9.49. The average molecular weight is 304 g/mol. The van der Waals surface area contributed by atoms with Gasteiger partial charge in [-0.05, 0) is 30.5 Å². The molecule has 0 saturated carbocycles. The van der Waals surface area contributed by atoms with Crippen molar-refractivity contribution >= 4 is 33.3 Å². The van der Waals surface area contributed by atoms with Crippen molar-refractivity contribution in [3.8, 4) is 0 Å². The van der Waals surface area contributed by atoms with Gasteiger partial charge in [0.2, 0.25) is 0 Å². The lowest BCUT2D eigenvalue weighted by molar-refractivity contribution is -0.121. The molecule has 1 aromatic carbocycles. The fraction of sp³-hybridized carbons (Fsp3) is 0.462. The highest BCUT2D eigenvalue weighted by Gasteiger charge is 2.19. The van der Waals surface area contributed by atoms with Gasteiger partial charge in [-0.25, -0.2) is 0 Å². The second kappa shape index (κ2) is 5.83. The molecule has 16 heavy (non-hydrogen) atoms. The number of alkyl halides is 1. The van der Waals surface area contributed by atoms with Crippen LogP contribution < -0.4 is 0 Å². The summed E-state index contributed by atoms with van der Waals surface area (Å²) in [5.41, 5.74) is 2.19. The fourth-order valence-corrected chi connectivity index (χ4v) is 2.60.